The molecule has 0 bridgehead atoms. The molecule has 0 aliphatic carbocycles. The minimum Gasteiger partial charge on any atom is -0.463 e. The highest BCUT2D eigenvalue weighted by Gasteiger charge is 2.20. The van der Waals surface area contributed by atoms with Crippen LogP contribution in [0.5, 0.6) is 0 Å². The maximum atomic E-state index is 5.95. The average Bonchev–Trinajstić information content (AvgIpc) is 3.36. The summed E-state index contributed by atoms with van der Waals surface area (Å²) in [6.45, 7) is 4.26. The summed E-state index contributed by atoms with van der Waals surface area (Å²) in [5, 5.41) is 4.09. The quantitative estimate of drug-likeness (QED) is 0.705. The van der Waals surface area contributed by atoms with Gasteiger partial charge in [0.25, 0.3) is 0 Å². The molecule has 0 radical (unpaired) electrons. The summed E-state index contributed by atoms with van der Waals surface area (Å²) in [5.41, 5.74) is 8.48. The molecule has 0 spiro atoms. The largest absolute Gasteiger partial charge is 0.463 e. The van der Waals surface area contributed by atoms with Crippen molar-refractivity contribution in [2.45, 2.75) is 32.5 Å². The monoisotopic (exact) mass is 353 g/mol. The van der Waals surface area contributed by atoms with E-state index >= 15 is 0 Å². The predicted molar refractivity (Wildman–Crippen MR) is 96.8 cm³/mol. The molecule has 0 saturated carbocycles. The molecular weight excluding hydrogens is 330 g/mol. The number of aromatic nitrogens is 2. The van der Waals surface area contributed by atoms with Crippen LogP contribution in [-0.2, 0) is 13.1 Å². The maximum Gasteiger partial charge on any atom is 0.241 e. The van der Waals surface area contributed by atoms with Crippen LogP contribution in [0.2, 0.25) is 0 Å². The van der Waals surface area contributed by atoms with Gasteiger partial charge in [0, 0.05) is 12.1 Å². The summed E-state index contributed by atoms with van der Waals surface area (Å²) in [6, 6.07) is 12.4. The minimum absolute atomic E-state index is 0.252. The number of nitrogens with one attached hydrogen (secondary N) is 2. The minimum atomic E-state index is 0.252. The van der Waals surface area contributed by atoms with Gasteiger partial charge in [0.15, 0.2) is 0 Å². The van der Waals surface area contributed by atoms with Gasteiger partial charge in [-0.25, -0.2) is 5.43 Å². The highest BCUT2D eigenvalue weighted by Crippen LogP contribution is 2.22. The van der Waals surface area contributed by atoms with Crippen LogP contribution < -0.4 is 10.9 Å². The van der Waals surface area contributed by atoms with Crippen LogP contribution in [0.3, 0.4) is 0 Å². The van der Waals surface area contributed by atoms with Crippen LogP contribution in [0.1, 0.15) is 35.4 Å². The van der Waals surface area contributed by atoms with E-state index in [-0.39, 0.29) is 6.04 Å². The number of hydrogen-bond donors (Lipinski definition) is 2. The second-order valence-electron chi connectivity index (χ2n) is 6.77. The van der Waals surface area contributed by atoms with Crippen LogP contribution in [0.15, 0.2) is 45.3 Å². The first kappa shape index (κ1) is 17.0. The van der Waals surface area contributed by atoms with Crippen LogP contribution in [0, 0.1) is 6.92 Å². The molecule has 1 aliphatic heterocycles. The molecule has 1 fully saturated rings. The van der Waals surface area contributed by atoms with Crippen molar-refractivity contribution in [1.29, 1.82) is 0 Å². The molecule has 0 amide bonds. The average molecular weight is 353 g/mol. The Morgan fingerprint density at radius 2 is 2.15 bits per heavy atom. The lowest BCUT2D eigenvalue weighted by molar-refractivity contribution is 0.240. The van der Waals surface area contributed by atoms with Crippen molar-refractivity contribution in [3.05, 3.63) is 59.4 Å². The highest BCUT2D eigenvalue weighted by atomic mass is 16.5. The van der Waals surface area contributed by atoms with Crippen LogP contribution in [-0.4, -0.2) is 28.6 Å². The van der Waals surface area contributed by atoms with Crippen molar-refractivity contribution in [3.8, 4) is 11.4 Å². The standard InChI is InChI=1S/C19H23N5O2/c1-13-4-3-5-14(10-13)19-21-18(26-23-19)12-24(2)11-15-6-7-17(25-15)16-8-9-20-22-16/h3-7,10,16,20,22H,8-9,11-12H2,1-2H3. The van der Waals surface area contributed by atoms with E-state index in [1.165, 1.54) is 5.56 Å². The Morgan fingerprint density at radius 1 is 1.23 bits per heavy atom. The number of hydrazine groups is 1. The van der Waals surface area contributed by atoms with Gasteiger partial charge in [-0.05, 0) is 38.6 Å². The van der Waals surface area contributed by atoms with Crippen molar-refractivity contribution >= 4 is 0 Å². The summed E-state index contributed by atoms with van der Waals surface area (Å²) < 4.78 is 11.4. The smallest absolute Gasteiger partial charge is 0.241 e. The number of benzene rings is 1. The molecule has 1 saturated heterocycles. The summed E-state index contributed by atoms with van der Waals surface area (Å²) in [6.07, 6.45) is 1.03. The van der Waals surface area contributed by atoms with Gasteiger partial charge in [-0.1, -0.05) is 28.9 Å². The Labute approximate surface area is 152 Å². The van der Waals surface area contributed by atoms with Gasteiger partial charge in [-0.3, -0.25) is 10.3 Å². The van der Waals surface area contributed by atoms with E-state index in [9.17, 15) is 0 Å². The molecule has 4 rings (SSSR count). The molecule has 1 aliphatic rings. The van der Waals surface area contributed by atoms with Gasteiger partial charge in [-0.15, -0.1) is 0 Å². The summed E-state index contributed by atoms with van der Waals surface area (Å²) in [4.78, 5) is 6.60. The van der Waals surface area contributed by atoms with Crippen molar-refractivity contribution in [2.24, 2.45) is 0 Å². The lowest BCUT2D eigenvalue weighted by Gasteiger charge is -2.12. The number of aryl methyl sites for hydroxylation is 1. The summed E-state index contributed by atoms with van der Waals surface area (Å²) >= 11 is 0. The molecule has 26 heavy (non-hydrogen) atoms. The number of rotatable bonds is 6. The van der Waals surface area contributed by atoms with E-state index in [1.54, 1.807) is 0 Å². The molecule has 2 aromatic heterocycles. The molecule has 1 atom stereocenters. The van der Waals surface area contributed by atoms with E-state index in [2.05, 4.69) is 32.0 Å². The Balaban J connectivity index is 1.37. The third-order valence-corrected chi connectivity index (χ3v) is 4.44. The molecule has 2 N–H and O–H groups in total. The zero-order chi connectivity index (χ0) is 17.9. The maximum absolute atomic E-state index is 5.95. The van der Waals surface area contributed by atoms with Gasteiger partial charge in [0.05, 0.1) is 19.1 Å². The third-order valence-electron chi connectivity index (χ3n) is 4.44. The van der Waals surface area contributed by atoms with Gasteiger partial charge in [0.1, 0.15) is 11.5 Å². The Hall–Kier alpha value is -2.48. The van der Waals surface area contributed by atoms with Crippen molar-refractivity contribution < 1.29 is 8.94 Å². The fourth-order valence-corrected chi connectivity index (χ4v) is 3.14. The Kier molecular flexibility index (Phi) is 4.83. The van der Waals surface area contributed by atoms with E-state index in [0.29, 0.717) is 24.8 Å². The molecule has 1 aromatic carbocycles. The number of furan rings is 1. The molecule has 7 nitrogen and oxygen atoms in total. The first-order valence-corrected chi connectivity index (χ1v) is 8.82. The van der Waals surface area contributed by atoms with Crippen LogP contribution in [0.4, 0.5) is 0 Å². The predicted octanol–water partition coefficient (Wildman–Crippen LogP) is 2.81. The lowest BCUT2D eigenvalue weighted by Crippen LogP contribution is -2.24. The highest BCUT2D eigenvalue weighted by molar-refractivity contribution is 5.55. The Bertz CT molecular complexity index is 866. The lowest BCUT2D eigenvalue weighted by atomic mass is 10.1. The zero-order valence-electron chi connectivity index (χ0n) is 15.0. The topological polar surface area (TPSA) is 79.4 Å². The normalized spacial score (nSPS) is 17.3. The SMILES string of the molecule is Cc1cccc(-c2noc(CN(C)Cc3ccc(C4CCNN4)o3)n2)c1. The van der Waals surface area contributed by atoms with Crippen LogP contribution in [0.25, 0.3) is 11.4 Å². The van der Waals surface area contributed by atoms with Crippen molar-refractivity contribution in [2.75, 3.05) is 13.6 Å². The molecule has 136 valence electrons. The van der Waals surface area contributed by atoms with Crippen LogP contribution >= 0.6 is 0 Å². The van der Waals surface area contributed by atoms with E-state index in [4.69, 9.17) is 8.94 Å². The molecular formula is C19H23N5O2. The van der Waals surface area contributed by atoms with Gasteiger partial charge < -0.3 is 8.94 Å². The van der Waals surface area contributed by atoms with Crippen molar-refractivity contribution in [1.82, 2.24) is 25.9 Å². The first-order chi connectivity index (χ1) is 12.7. The zero-order valence-corrected chi connectivity index (χ0v) is 15.0. The second-order valence-corrected chi connectivity index (χ2v) is 6.77. The molecule has 3 heterocycles. The van der Waals surface area contributed by atoms with Gasteiger partial charge >= 0.3 is 0 Å². The molecule has 1 unspecified atom stereocenters. The summed E-state index contributed by atoms with van der Waals surface area (Å²) in [5.74, 6) is 3.11. The molecule has 3 aromatic rings. The van der Waals surface area contributed by atoms with Gasteiger partial charge in [-0.2, -0.15) is 4.98 Å². The fourth-order valence-electron chi connectivity index (χ4n) is 3.14. The third kappa shape index (κ3) is 3.85. The van der Waals surface area contributed by atoms with E-state index in [1.807, 2.05) is 44.3 Å². The summed E-state index contributed by atoms with van der Waals surface area (Å²) in [7, 11) is 2.01. The van der Waals surface area contributed by atoms with E-state index < -0.39 is 0 Å². The fraction of sp³-hybridized carbons (Fsp3) is 0.368. The number of hydrogen-bond acceptors (Lipinski definition) is 7. The molecule has 7 heteroatoms. The van der Waals surface area contributed by atoms with Gasteiger partial charge in [0.2, 0.25) is 11.7 Å². The second kappa shape index (κ2) is 7.41. The Morgan fingerprint density at radius 3 is 2.96 bits per heavy atom. The van der Waals surface area contributed by atoms with E-state index in [0.717, 1.165) is 30.0 Å². The first-order valence-electron chi connectivity index (χ1n) is 8.82. The van der Waals surface area contributed by atoms with Crippen molar-refractivity contribution in [3.63, 3.8) is 0 Å². The number of nitrogens with zero attached hydrogens (tertiary/aromatic N) is 3.